The van der Waals surface area contributed by atoms with Crippen LogP contribution in [-0.4, -0.2) is 28.9 Å². The molecule has 26 heavy (non-hydrogen) atoms. The number of benzene rings is 2. The number of carbonyl (C=O) groups is 1. The van der Waals surface area contributed by atoms with E-state index in [4.69, 9.17) is 9.72 Å². The third-order valence-electron chi connectivity index (χ3n) is 4.72. The van der Waals surface area contributed by atoms with Crippen LogP contribution in [0.1, 0.15) is 36.7 Å². The molecule has 0 radical (unpaired) electrons. The number of ether oxygens (including phenoxy) is 1. The Morgan fingerprint density at radius 2 is 1.96 bits per heavy atom. The van der Waals surface area contributed by atoms with Gasteiger partial charge in [0, 0.05) is 13.0 Å². The molecule has 2 heterocycles. The number of rotatable bonds is 6. The van der Waals surface area contributed by atoms with Crippen LogP contribution in [0.25, 0.3) is 10.2 Å². The summed E-state index contributed by atoms with van der Waals surface area (Å²) >= 11 is 1.71. The zero-order valence-corrected chi connectivity index (χ0v) is 15.5. The number of hydrogen-bond donors (Lipinski definition) is 0. The van der Waals surface area contributed by atoms with Gasteiger partial charge in [0.05, 0.1) is 22.9 Å². The fourth-order valence-electron chi connectivity index (χ4n) is 3.43. The topological polar surface area (TPSA) is 42.4 Å². The minimum absolute atomic E-state index is 0.134. The van der Waals surface area contributed by atoms with Gasteiger partial charge in [0.15, 0.2) is 0 Å². The number of fused-ring (bicyclic) bond motifs is 1. The average molecular weight is 366 g/mol. The van der Waals surface area contributed by atoms with Crippen LogP contribution in [0, 0.1) is 0 Å². The molecule has 1 aromatic heterocycles. The lowest BCUT2D eigenvalue weighted by Gasteiger charge is -2.23. The molecular weight excluding hydrogens is 344 g/mol. The summed E-state index contributed by atoms with van der Waals surface area (Å²) in [5.41, 5.74) is 1.03. The van der Waals surface area contributed by atoms with Gasteiger partial charge in [-0.3, -0.25) is 4.79 Å². The van der Waals surface area contributed by atoms with E-state index >= 15 is 0 Å². The molecule has 3 aromatic rings. The lowest BCUT2D eigenvalue weighted by Crippen LogP contribution is -2.30. The van der Waals surface area contributed by atoms with E-state index in [-0.39, 0.29) is 11.9 Å². The Morgan fingerprint density at radius 3 is 2.81 bits per heavy atom. The molecule has 0 spiro atoms. The van der Waals surface area contributed by atoms with Gasteiger partial charge in [-0.1, -0.05) is 30.3 Å². The second-order valence-corrected chi connectivity index (χ2v) is 7.59. The summed E-state index contributed by atoms with van der Waals surface area (Å²) in [5.74, 6) is 1.07. The molecule has 1 aliphatic rings. The highest BCUT2D eigenvalue weighted by Crippen LogP contribution is 2.36. The number of thiazole rings is 1. The maximum Gasteiger partial charge on any atom is 0.223 e. The molecule has 1 saturated heterocycles. The second-order valence-electron chi connectivity index (χ2n) is 6.53. The summed E-state index contributed by atoms with van der Waals surface area (Å²) < 4.78 is 6.88. The van der Waals surface area contributed by atoms with Gasteiger partial charge in [-0.05, 0) is 43.5 Å². The molecule has 5 heteroatoms. The maximum atomic E-state index is 12.7. The van der Waals surface area contributed by atoms with Gasteiger partial charge in [-0.15, -0.1) is 11.3 Å². The van der Waals surface area contributed by atoms with Crippen molar-refractivity contribution in [3.63, 3.8) is 0 Å². The van der Waals surface area contributed by atoms with Crippen LogP contribution in [0.15, 0.2) is 54.6 Å². The largest absolute Gasteiger partial charge is 0.494 e. The first-order valence-corrected chi connectivity index (χ1v) is 9.96. The summed E-state index contributed by atoms with van der Waals surface area (Å²) in [4.78, 5) is 19.5. The van der Waals surface area contributed by atoms with Gasteiger partial charge in [0.25, 0.3) is 0 Å². The molecular formula is C21H22N2O2S. The molecule has 0 bridgehead atoms. The van der Waals surface area contributed by atoms with E-state index in [1.54, 1.807) is 11.3 Å². The van der Waals surface area contributed by atoms with Crippen LogP contribution < -0.4 is 4.74 Å². The summed E-state index contributed by atoms with van der Waals surface area (Å²) in [5, 5.41) is 1.07. The lowest BCUT2D eigenvalue weighted by molar-refractivity contribution is -0.132. The third-order valence-corrected chi connectivity index (χ3v) is 5.85. The highest BCUT2D eigenvalue weighted by Gasteiger charge is 2.31. The normalized spacial score (nSPS) is 16.9. The monoisotopic (exact) mass is 366 g/mol. The Bertz CT molecular complexity index is 845. The standard InChI is InChI=1S/C21H22N2O2S/c24-20(13-7-15-25-16-8-2-1-3-9-16)23-14-6-11-18(23)21-22-17-10-4-5-12-19(17)26-21/h1-5,8-10,12,18H,6-7,11,13-15H2. The van der Waals surface area contributed by atoms with E-state index in [2.05, 4.69) is 6.07 Å². The Hall–Kier alpha value is -2.40. The molecule has 4 rings (SSSR count). The van der Waals surface area contributed by atoms with Crippen LogP contribution in [0.3, 0.4) is 0 Å². The fraction of sp³-hybridized carbons (Fsp3) is 0.333. The maximum absolute atomic E-state index is 12.7. The number of amides is 1. The van der Waals surface area contributed by atoms with Gasteiger partial charge in [0.1, 0.15) is 10.8 Å². The Balaban J connectivity index is 1.34. The van der Waals surface area contributed by atoms with Gasteiger partial charge in [0.2, 0.25) is 5.91 Å². The van der Waals surface area contributed by atoms with Crippen LogP contribution >= 0.6 is 11.3 Å². The van der Waals surface area contributed by atoms with Crippen LogP contribution in [0.5, 0.6) is 5.75 Å². The molecule has 1 amide bonds. The second kappa shape index (κ2) is 7.87. The molecule has 0 saturated carbocycles. The van der Waals surface area contributed by atoms with E-state index in [9.17, 15) is 4.79 Å². The van der Waals surface area contributed by atoms with Gasteiger partial charge in [-0.2, -0.15) is 0 Å². The third kappa shape index (κ3) is 3.73. The van der Waals surface area contributed by atoms with Gasteiger partial charge in [-0.25, -0.2) is 4.98 Å². The quantitative estimate of drug-likeness (QED) is 0.588. The first-order chi connectivity index (χ1) is 12.8. The molecule has 0 N–H and O–H groups in total. The Labute approximate surface area is 157 Å². The zero-order chi connectivity index (χ0) is 17.8. The summed E-state index contributed by atoms with van der Waals surface area (Å²) in [6.45, 7) is 1.40. The van der Waals surface area contributed by atoms with Crippen molar-refractivity contribution in [3.05, 3.63) is 59.6 Å². The number of hydrogen-bond acceptors (Lipinski definition) is 4. The van der Waals surface area contributed by atoms with Crippen LogP contribution in [-0.2, 0) is 4.79 Å². The summed E-state index contributed by atoms with van der Waals surface area (Å²) in [6, 6.07) is 18.1. The lowest BCUT2D eigenvalue weighted by atomic mass is 10.2. The molecule has 2 aromatic carbocycles. The van der Waals surface area contributed by atoms with Crippen molar-refractivity contribution in [2.75, 3.05) is 13.2 Å². The van der Waals surface area contributed by atoms with Crippen molar-refractivity contribution in [2.45, 2.75) is 31.7 Å². The summed E-state index contributed by atoms with van der Waals surface area (Å²) in [7, 11) is 0. The molecule has 1 unspecified atom stereocenters. The number of carbonyl (C=O) groups excluding carboxylic acids is 1. The van der Waals surface area contributed by atoms with E-state index in [1.807, 2.05) is 53.4 Å². The fourth-order valence-corrected chi connectivity index (χ4v) is 4.54. The van der Waals surface area contributed by atoms with Crippen LogP contribution in [0.4, 0.5) is 0 Å². The number of aromatic nitrogens is 1. The van der Waals surface area contributed by atoms with Crippen molar-refractivity contribution >= 4 is 27.5 Å². The zero-order valence-electron chi connectivity index (χ0n) is 14.6. The predicted molar refractivity (Wildman–Crippen MR) is 104 cm³/mol. The molecule has 0 aliphatic carbocycles. The highest BCUT2D eigenvalue weighted by molar-refractivity contribution is 7.18. The molecule has 4 nitrogen and oxygen atoms in total. The average Bonchev–Trinajstić information content (AvgIpc) is 3.32. The number of nitrogens with zero attached hydrogens (tertiary/aromatic N) is 2. The first-order valence-electron chi connectivity index (χ1n) is 9.14. The minimum Gasteiger partial charge on any atom is -0.494 e. The van der Waals surface area contributed by atoms with E-state index in [0.717, 1.165) is 42.1 Å². The van der Waals surface area contributed by atoms with Crippen molar-refractivity contribution < 1.29 is 9.53 Å². The first kappa shape index (κ1) is 17.0. The van der Waals surface area contributed by atoms with Gasteiger partial charge >= 0.3 is 0 Å². The number of likely N-dealkylation sites (tertiary alicyclic amines) is 1. The Kier molecular flexibility index (Phi) is 5.16. The van der Waals surface area contributed by atoms with Crippen molar-refractivity contribution in [2.24, 2.45) is 0 Å². The Morgan fingerprint density at radius 1 is 1.15 bits per heavy atom. The SMILES string of the molecule is O=C(CCCOc1ccccc1)N1CCCC1c1nc2ccccc2s1. The highest BCUT2D eigenvalue weighted by atomic mass is 32.1. The van der Waals surface area contributed by atoms with E-state index in [1.165, 1.54) is 4.70 Å². The van der Waals surface area contributed by atoms with E-state index < -0.39 is 0 Å². The van der Waals surface area contributed by atoms with E-state index in [0.29, 0.717) is 13.0 Å². The molecule has 134 valence electrons. The van der Waals surface area contributed by atoms with Gasteiger partial charge < -0.3 is 9.64 Å². The van der Waals surface area contributed by atoms with Crippen molar-refractivity contribution in [1.82, 2.24) is 9.88 Å². The smallest absolute Gasteiger partial charge is 0.223 e. The van der Waals surface area contributed by atoms with Crippen LogP contribution in [0.2, 0.25) is 0 Å². The molecule has 1 aliphatic heterocycles. The molecule has 1 atom stereocenters. The number of para-hydroxylation sites is 2. The molecule has 1 fully saturated rings. The predicted octanol–water partition coefficient (Wildman–Crippen LogP) is 4.82. The minimum atomic E-state index is 0.134. The van der Waals surface area contributed by atoms with Crippen molar-refractivity contribution in [1.29, 1.82) is 0 Å². The van der Waals surface area contributed by atoms with Crippen molar-refractivity contribution in [3.8, 4) is 5.75 Å². The summed E-state index contributed by atoms with van der Waals surface area (Å²) in [6.07, 6.45) is 3.31.